The van der Waals surface area contributed by atoms with E-state index >= 15 is 0 Å². The van der Waals surface area contributed by atoms with Crippen LogP contribution in [0.15, 0.2) is 24.3 Å². The van der Waals surface area contributed by atoms with Gasteiger partial charge in [-0.1, -0.05) is 17.7 Å². The Balaban J connectivity index is 2.06. The molecule has 1 N–H and O–H groups in total. The van der Waals surface area contributed by atoms with Gasteiger partial charge in [0.2, 0.25) is 11.8 Å². The van der Waals surface area contributed by atoms with E-state index in [2.05, 4.69) is 5.32 Å². The molecule has 1 unspecified atom stereocenters. The number of aryl methyl sites for hydroxylation is 1. The zero-order chi connectivity index (χ0) is 14.5. The lowest BCUT2D eigenvalue weighted by atomic mass is 10.0. The van der Waals surface area contributed by atoms with Crippen LogP contribution in [0.2, 0.25) is 0 Å². The summed E-state index contributed by atoms with van der Waals surface area (Å²) in [7, 11) is 1.46. The molecule has 0 aromatic heterocycles. The van der Waals surface area contributed by atoms with Gasteiger partial charge in [0, 0.05) is 19.3 Å². The van der Waals surface area contributed by atoms with Crippen molar-refractivity contribution in [1.82, 2.24) is 5.32 Å². The highest BCUT2D eigenvalue weighted by molar-refractivity contribution is 6.00. The zero-order valence-electron chi connectivity index (χ0n) is 11.9. The van der Waals surface area contributed by atoms with Gasteiger partial charge in [-0.25, -0.2) is 0 Å². The Hall–Kier alpha value is -1.88. The number of carbonyl (C=O) groups excluding carboxylic acids is 2. The third-order valence-electron chi connectivity index (χ3n) is 3.39. The van der Waals surface area contributed by atoms with Crippen molar-refractivity contribution in [3.05, 3.63) is 29.8 Å². The predicted octanol–water partition coefficient (Wildman–Crippen LogP) is 1.25. The molecule has 0 bridgehead atoms. The monoisotopic (exact) mass is 276 g/mol. The van der Waals surface area contributed by atoms with Crippen LogP contribution < -0.4 is 10.2 Å². The molecular weight excluding hydrogens is 256 g/mol. The highest BCUT2D eigenvalue weighted by Gasteiger charge is 2.30. The SMILES string of the molecule is COCC(=O)NC1CCCN(c2ccc(C)cc2)C1=O. The first-order valence-corrected chi connectivity index (χ1v) is 6.78. The molecule has 20 heavy (non-hydrogen) atoms. The summed E-state index contributed by atoms with van der Waals surface area (Å²) in [6, 6.07) is 7.39. The number of hydrogen-bond donors (Lipinski definition) is 1. The van der Waals surface area contributed by atoms with Gasteiger partial charge in [-0.2, -0.15) is 0 Å². The molecule has 2 rings (SSSR count). The Labute approximate surface area is 118 Å². The van der Waals surface area contributed by atoms with E-state index in [9.17, 15) is 9.59 Å². The molecule has 5 heteroatoms. The van der Waals surface area contributed by atoms with E-state index in [1.54, 1.807) is 4.90 Å². The quantitative estimate of drug-likeness (QED) is 0.900. The Morgan fingerprint density at radius 2 is 2.10 bits per heavy atom. The van der Waals surface area contributed by atoms with Crippen LogP contribution in [0.5, 0.6) is 0 Å². The summed E-state index contributed by atoms with van der Waals surface area (Å²) in [6.07, 6.45) is 1.55. The minimum absolute atomic E-state index is 0.0195. The minimum atomic E-state index is -0.451. The Bertz CT molecular complexity index is 484. The highest BCUT2D eigenvalue weighted by atomic mass is 16.5. The van der Waals surface area contributed by atoms with E-state index in [0.29, 0.717) is 13.0 Å². The van der Waals surface area contributed by atoms with E-state index < -0.39 is 6.04 Å². The van der Waals surface area contributed by atoms with Crippen LogP contribution in [0.3, 0.4) is 0 Å². The van der Waals surface area contributed by atoms with Crippen molar-refractivity contribution >= 4 is 17.5 Å². The third-order valence-corrected chi connectivity index (χ3v) is 3.39. The predicted molar refractivity (Wildman–Crippen MR) is 76.6 cm³/mol. The van der Waals surface area contributed by atoms with Crippen LogP contribution in [0.25, 0.3) is 0 Å². The Morgan fingerprint density at radius 3 is 2.75 bits per heavy atom. The first kappa shape index (κ1) is 14.5. The minimum Gasteiger partial charge on any atom is -0.375 e. The van der Waals surface area contributed by atoms with E-state index in [4.69, 9.17) is 4.74 Å². The second-order valence-corrected chi connectivity index (χ2v) is 5.02. The Morgan fingerprint density at radius 1 is 1.40 bits per heavy atom. The number of methoxy groups -OCH3 is 1. The molecule has 2 amide bonds. The second-order valence-electron chi connectivity index (χ2n) is 5.02. The van der Waals surface area contributed by atoms with Crippen LogP contribution in [0.1, 0.15) is 18.4 Å². The number of nitrogens with zero attached hydrogens (tertiary/aromatic N) is 1. The molecule has 0 aliphatic carbocycles. The molecule has 5 nitrogen and oxygen atoms in total. The summed E-state index contributed by atoms with van der Waals surface area (Å²) in [5.74, 6) is -0.304. The maximum atomic E-state index is 12.4. The van der Waals surface area contributed by atoms with Gasteiger partial charge in [-0.15, -0.1) is 0 Å². The smallest absolute Gasteiger partial charge is 0.249 e. The second kappa shape index (κ2) is 6.52. The van der Waals surface area contributed by atoms with Gasteiger partial charge in [0.1, 0.15) is 12.6 Å². The zero-order valence-corrected chi connectivity index (χ0v) is 11.9. The Kier molecular flexibility index (Phi) is 4.74. The van der Waals surface area contributed by atoms with Crippen molar-refractivity contribution in [3.63, 3.8) is 0 Å². The summed E-state index contributed by atoms with van der Waals surface area (Å²) < 4.78 is 4.77. The molecule has 0 spiro atoms. The molecule has 1 atom stereocenters. The van der Waals surface area contributed by atoms with Gasteiger partial charge in [-0.3, -0.25) is 9.59 Å². The lowest BCUT2D eigenvalue weighted by Crippen LogP contribution is -2.53. The maximum Gasteiger partial charge on any atom is 0.249 e. The number of rotatable bonds is 4. The van der Waals surface area contributed by atoms with E-state index in [1.807, 2.05) is 31.2 Å². The summed E-state index contributed by atoms with van der Waals surface area (Å²) >= 11 is 0. The van der Waals surface area contributed by atoms with Crippen LogP contribution in [0, 0.1) is 6.92 Å². The fourth-order valence-electron chi connectivity index (χ4n) is 2.36. The lowest BCUT2D eigenvalue weighted by molar-refractivity contribution is -0.130. The molecule has 1 aromatic carbocycles. The number of carbonyl (C=O) groups is 2. The van der Waals surface area contributed by atoms with Crippen LogP contribution in [-0.4, -0.2) is 38.1 Å². The fraction of sp³-hybridized carbons (Fsp3) is 0.467. The molecule has 1 heterocycles. The normalized spacial score (nSPS) is 19.0. The molecule has 1 saturated heterocycles. The van der Waals surface area contributed by atoms with Gasteiger partial charge < -0.3 is 15.0 Å². The van der Waals surface area contributed by atoms with Crippen LogP contribution in [0.4, 0.5) is 5.69 Å². The first-order chi connectivity index (χ1) is 9.61. The molecule has 108 valence electrons. The highest BCUT2D eigenvalue weighted by Crippen LogP contribution is 2.21. The van der Waals surface area contributed by atoms with Gasteiger partial charge in [0.15, 0.2) is 0 Å². The molecule has 1 aliphatic heterocycles. The van der Waals surface area contributed by atoms with Crippen molar-refractivity contribution in [2.24, 2.45) is 0 Å². The van der Waals surface area contributed by atoms with Gasteiger partial charge in [-0.05, 0) is 31.9 Å². The average molecular weight is 276 g/mol. The van der Waals surface area contributed by atoms with Gasteiger partial charge in [0.25, 0.3) is 0 Å². The van der Waals surface area contributed by atoms with E-state index in [0.717, 1.165) is 17.7 Å². The molecule has 0 radical (unpaired) electrons. The number of benzene rings is 1. The topological polar surface area (TPSA) is 58.6 Å². The van der Waals surface area contributed by atoms with Crippen molar-refractivity contribution < 1.29 is 14.3 Å². The van der Waals surface area contributed by atoms with E-state index in [-0.39, 0.29) is 18.4 Å². The maximum absolute atomic E-state index is 12.4. The number of piperidine rings is 1. The number of nitrogens with one attached hydrogen (secondary N) is 1. The molecule has 1 aliphatic rings. The fourth-order valence-corrected chi connectivity index (χ4v) is 2.36. The number of amides is 2. The first-order valence-electron chi connectivity index (χ1n) is 6.78. The van der Waals surface area contributed by atoms with E-state index in [1.165, 1.54) is 7.11 Å². The molecule has 1 aromatic rings. The molecular formula is C15H20N2O3. The summed E-state index contributed by atoms with van der Waals surface area (Å²) in [5.41, 5.74) is 2.04. The van der Waals surface area contributed by atoms with Gasteiger partial charge >= 0.3 is 0 Å². The average Bonchev–Trinajstić information content (AvgIpc) is 2.43. The van der Waals surface area contributed by atoms with Crippen molar-refractivity contribution in [2.75, 3.05) is 25.2 Å². The number of anilines is 1. The number of hydrogen-bond acceptors (Lipinski definition) is 3. The van der Waals surface area contributed by atoms with Crippen molar-refractivity contribution in [3.8, 4) is 0 Å². The van der Waals surface area contributed by atoms with Crippen LogP contribution in [-0.2, 0) is 14.3 Å². The number of ether oxygens (including phenoxy) is 1. The third kappa shape index (κ3) is 3.36. The van der Waals surface area contributed by atoms with Crippen LogP contribution >= 0.6 is 0 Å². The van der Waals surface area contributed by atoms with Crippen molar-refractivity contribution in [2.45, 2.75) is 25.8 Å². The summed E-state index contributed by atoms with van der Waals surface area (Å²) in [6.45, 7) is 2.68. The molecule has 0 saturated carbocycles. The standard InChI is InChI=1S/C15H20N2O3/c1-11-5-7-12(8-6-11)17-9-3-4-13(15(17)19)16-14(18)10-20-2/h5-8,13H,3-4,9-10H2,1-2H3,(H,16,18). The summed E-state index contributed by atoms with van der Waals surface area (Å²) in [5, 5.41) is 2.73. The van der Waals surface area contributed by atoms with Gasteiger partial charge in [0.05, 0.1) is 0 Å². The largest absolute Gasteiger partial charge is 0.375 e. The summed E-state index contributed by atoms with van der Waals surface area (Å²) in [4.78, 5) is 25.7. The molecule has 1 fully saturated rings. The van der Waals surface area contributed by atoms with Crippen molar-refractivity contribution in [1.29, 1.82) is 0 Å². The lowest BCUT2D eigenvalue weighted by Gasteiger charge is -2.32.